The van der Waals surface area contributed by atoms with Gasteiger partial charge in [-0.3, -0.25) is 9.59 Å². The number of H-pyrrole nitrogens is 1. The number of carbonyl (C=O) groups is 1. The number of hydrogen-bond donors (Lipinski definition) is 2. The quantitative estimate of drug-likeness (QED) is 0.464. The second-order valence-corrected chi connectivity index (χ2v) is 8.66. The number of aromatic amines is 1. The Labute approximate surface area is 203 Å². The molecule has 2 heterocycles. The highest BCUT2D eigenvalue weighted by molar-refractivity contribution is 6.07. The molecule has 0 saturated carbocycles. The van der Waals surface area contributed by atoms with Crippen molar-refractivity contribution in [3.05, 3.63) is 82.6 Å². The molecule has 8 nitrogen and oxygen atoms in total. The highest BCUT2D eigenvalue weighted by atomic mass is 16.5. The van der Waals surface area contributed by atoms with Gasteiger partial charge in [-0.25, -0.2) is 5.10 Å². The number of ether oxygens (including phenoxy) is 1. The number of likely N-dealkylation sites (N-methyl/N-ethyl adjacent to an activating group) is 1. The lowest BCUT2D eigenvalue weighted by atomic mass is 10.0. The van der Waals surface area contributed by atoms with E-state index in [1.807, 2.05) is 36.4 Å². The lowest BCUT2D eigenvalue weighted by Gasteiger charge is -2.35. The zero-order valence-electron chi connectivity index (χ0n) is 19.7. The number of benzene rings is 3. The van der Waals surface area contributed by atoms with Gasteiger partial charge < -0.3 is 19.9 Å². The monoisotopic (exact) mass is 469 g/mol. The number of piperazine rings is 1. The molecule has 8 heteroatoms. The summed E-state index contributed by atoms with van der Waals surface area (Å²) in [7, 11) is 3.69. The molecule has 3 aromatic carbocycles. The fourth-order valence-corrected chi connectivity index (χ4v) is 4.40. The van der Waals surface area contributed by atoms with Crippen LogP contribution in [0, 0.1) is 0 Å². The fraction of sp³-hybridized carbons (Fsp3) is 0.222. The molecule has 0 bridgehead atoms. The first-order valence-electron chi connectivity index (χ1n) is 11.5. The second-order valence-electron chi connectivity index (χ2n) is 8.66. The number of methoxy groups -OCH3 is 1. The van der Waals surface area contributed by atoms with Crippen LogP contribution in [0.2, 0.25) is 0 Å². The van der Waals surface area contributed by atoms with E-state index in [9.17, 15) is 9.59 Å². The van der Waals surface area contributed by atoms with Crippen molar-refractivity contribution in [2.45, 2.75) is 0 Å². The first kappa shape index (κ1) is 22.6. The van der Waals surface area contributed by atoms with Gasteiger partial charge in [0.25, 0.3) is 11.5 Å². The zero-order valence-corrected chi connectivity index (χ0v) is 19.7. The van der Waals surface area contributed by atoms with Crippen LogP contribution in [0.3, 0.4) is 0 Å². The van der Waals surface area contributed by atoms with Crippen LogP contribution in [0.5, 0.6) is 5.75 Å². The number of fused-ring (bicyclic) bond motifs is 1. The topological polar surface area (TPSA) is 90.6 Å². The first-order chi connectivity index (χ1) is 17.0. The Bertz CT molecular complexity index is 1440. The van der Waals surface area contributed by atoms with Crippen LogP contribution in [0.15, 0.2) is 71.5 Å². The van der Waals surface area contributed by atoms with Gasteiger partial charge in [0.15, 0.2) is 0 Å². The molecular formula is C27H27N5O3. The van der Waals surface area contributed by atoms with Crippen LogP contribution in [-0.2, 0) is 0 Å². The summed E-state index contributed by atoms with van der Waals surface area (Å²) in [5.41, 5.74) is 3.37. The predicted octanol–water partition coefficient (Wildman–Crippen LogP) is 3.60. The molecule has 0 aliphatic carbocycles. The van der Waals surface area contributed by atoms with Gasteiger partial charge in [-0.2, -0.15) is 5.10 Å². The summed E-state index contributed by atoms with van der Waals surface area (Å²) in [6.45, 7) is 3.60. The van der Waals surface area contributed by atoms with Crippen LogP contribution < -0.4 is 20.5 Å². The van der Waals surface area contributed by atoms with E-state index in [0.717, 1.165) is 42.8 Å². The lowest BCUT2D eigenvalue weighted by Crippen LogP contribution is -2.44. The maximum Gasteiger partial charge on any atom is 0.272 e. The van der Waals surface area contributed by atoms with Gasteiger partial charge in [0, 0.05) is 42.7 Å². The van der Waals surface area contributed by atoms with Crippen molar-refractivity contribution in [1.82, 2.24) is 15.1 Å². The number of aromatic nitrogens is 2. The summed E-state index contributed by atoms with van der Waals surface area (Å²) in [4.78, 5) is 30.1. The van der Waals surface area contributed by atoms with Gasteiger partial charge in [-0.15, -0.1) is 0 Å². The largest absolute Gasteiger partial charge is 0.497 e. The van der Waals surface area contributed by atoms with E-state index in [1.54, 1.807) is 37.4 Å². The van der Waals surface area contributed by atoms with E-state index in [4.69, 9.17) is 4.74 Å². The maximum absolute atomic E-state index is 13.2. The van der Waals surface area contributed by atoms with Crippen molar-refractivity contribution in [2.24, 2.45) is 0 Å². The molecule has 0 unspecified atom stereocenters. The first-order valence-corrected chi connectivity index (χ1v) is 11.5. The van der Waals surface area contributed by atoms with Crippen molar-refractivity contribution in [1.29, 1.82) is 0 Å². The Morgan fingerprint density at radius 1 is 0.971 bits per heavy atom. The SMILES string of the molecule is COc1cccc(C(=O)Nc2cc(-c3n[nH]c(=O)c4ccccc34)ccc2N2CCN(C)CC2)c1. The second kappa shape index (κ2) is 9.60. The van der Waals surface area contributed by atoms with E-state index in [2.05, 4.69) is 32.4 Å². The third kappa shape index (κ3) is 4.61. The zero-order chi connectivity index (χ0) is 24.4. The number of nitrogens with zero attached hydrogens (tertiary/aromatic N) is 3. The number of nitrogens with one attached hydrogen (secondary N) is 2. The van der Waals surface area contributed by atoms with Crippen LogP contribution in [0.25, 0.3) is 22.0 Å². The Balaban J connectivity index is 1.57. The summed E-state index contributed by atoms with van der Waals surface area (Å²) in [5.74, 6) is 0.394. The predicted molar refractivity (Wildman–Crippen MR) is 138 cm³/mol. The van der Waals surface area contributed by atoms with Crippen molar-refractivity contribution in [3.8, 4) is 17.0 Å². The van der Waals surface area contributed by atoms with Crippen molar-refractivity contribution < 1.29 is 9.53 Å². The molecule has 1 fully saturated rings. The van der Waals surface area contributed by atoms with Gasteiger partial charge in [-0.1, -0.05) is 30.3 Å². The average molecular weight is 470 g/mol. The number of carbonyl (C=O) groups excluding carboxylic acids is 1. The minimum Gasteiger partial charge on any atom is -0.497 e. The van der Waals surface area contributed by atoms with Gasteiger partial charge in [0.1, 0.15) is 5.75 Å². The standard InChI is InChI=1S/C27H27N5O3/c1-31-12-14-32(15-13-31)24-11-10-18(25-21-8-3-4-9-22(21)27(34)30-29-25)17-23(24)28-26(33)19-6-5-7-20(16-19)35-2/h3-11,16-17H,12-15H2,1-2H3,(H,28,33)(H,30,34). The van der Waals surface area contributed by atoms with Crippen LogP contribution in [0.4, 0.5) is 11.4 Å². The highest BCUT2D eigenvalue weighted by Crippen LogP contribution is 2.34. The van der Waals surface area contributed by atoms with Crippen LogP contribution in [0.1, 0.15) is 10.4 Å². The van der Waals surface area contributed by atoms with E-state index in [0.29, 0.717) is 28.1 Å². The molecule has 1 saturated heterocycles. The smallest absolute Gasteiger partial charge is 0.272 e. The molecule has 2 N–H and O–H groups in total. The number of anilines is 2. The van der Waals surface area contributed by atoms with E-state index in [-0.39, 0.29) is 11.5 Å². The van der Waals surface area contributed by atoms with Gasteiger partial charge >= 0.3 is 0 Å². The van der Waals surface area contributed by atoms with Gasteiger partial charge in [0.2, 0.25) is 0 Å². The molecule has 178 valence electrons. The van der Waals surface area contributed by atoms with E-state index in [1.165, 1.54) is 0 Å². The van der Waals surface area contributed by atoms with Gasteiger partial charge in [0.05, 0.1) is 29.6 Å². The Morgan fingerprint density at radius 2 is 1.74 bits per heavy atom. The maximum atomic E-state index is 13.2. The molecule has 1 amide bonds. The molecule has 1 aliphatic heterocycles. The average Bonchev–Trinajstić information content (AvgIpc) is 2.90. The molecular weight excluding hydrogens is 442 g/mol. The number of hydrogen-bond acceptors (Lipinski definition) is 6. The normalized spacial score (nSPS) is 14.2. The molecule has 35 heavy (non-hydrogen) atoms. The van der Waals surface area contributed by atoms with Crippen molar-refractivity contribution in [2.75, 3.05) is 50.6 Å². The Kier molecular flexibility index (Phi) is 6.20. The number of rotatable bonds is 5. The van der Waals surface area contributed by atoms with E-state index >= 15 is 0 Å². The summed E-state index contributed by atoms with van der Waals surface area (Å²) >= 11 is 0. The third-order valence-electron chi connectivity index (χ3n) is 6.39. The highest BCUT2D eigenvalue weighted by Gasteiger charge is 2.20. The molecule has 4 aromatic rings. The molecule has 0 radical (unpaired) electrons. The van der Waals surface area contributed by atoms with Gasteiger partial charge in [-0.05, 0) is 43.4 Å². The minimum atomic E-state index is -0.232. The van der Waals surface area contributed by atoms with Crippen LogP contribution in [-0.4, -0.2) is 61.3 Å². The number of amides is 1. The summed E-state index contributed by atoms with van der Waals surface area (Å²) < 4.78 is 5.28. The molecule has 0 spiro atoms. The van der Waals surface area contributed by atoms with E-state index < -0.39 is 0 Å². The van der Waals surface area contributed by atoms with Crippen LogP contribution >= 0.6 is 0 Å². The molecule has 1 aromatic heterocycles. The molecule has 1 aliphatic rings. The summed E-state index contributed by atoms with van der Waals surface area (Å²) in [6, 6.07) is 20.4. The summed E-state index contributed by atoms with van der Waals surface area (Å²) in [5, 5.41) is 11.4. The fourth-order valence-electron chi connectivity index (χ4n) is 4.40. The van der Waals surface area contributed by atoms with Crippen molar-refractivity contribution in [3.63, 3.8) is 0 Å². The minimum absolute atomic E-state index is 0.226. The Hall–Kier alpha value is -4.17. The molecule has 5 rings (SSSR count). The summed E-state index contributed by atoms with van der Waals surface area (Å²) in [6.07, 6.45) is 0. The third-order valence-corrected chi connectivity index (χ3v) is 6.39. The Morgan fingerprint density at radius 3 is 2.51 bits per heavy atom. The molecule has 0 atom stereocenters. The van der Waals surface area contributed by atoms with Crippen molar-refractivity contribution >= 4 is 28.1 Å². The lowest BCUT2D eigenvalue weighted by molar-refractivity contribution is 0.102.